The van der Waals surface area contributed by atoms with Crippen LogP contribution >= 0.6 is 44.1 Å². The van der Waals surface area contributed by atoms with E-state index in [1.54, 1.807) is 6.07 Å². The fourth-order valence-corrected chi connectivity index (χ4v) is 3.39. The molecule has 144 valence electrons. The Morgan fingerprint density at radius 2 is 1.85 bits per heavy atom. The predicted octanol–water partition coefficient (Wildman–Crippen LogP) is 3.81. The van der Waals surface area contributed by atoms with Gasteiger partial charge in [-0.25, -0.2) is 0 Å². The molecule has 0 spiro atoms. The largest absolute Gasteiger partial charge is 0.483 e. The van der Waals surface area contributed by atoms with E-state index in [0.29, 0.717) is 12.2 Å². The molecule has 27 heavy (non-hydrogen) atoms. The monoisotopic (exact) mass is 515 g/mol. The third-order valence-electron chi connectivity index (χ3n) is 3.40. The molecule has 0 aliphatic heterocycles. The van der Waals surface area contributed by atoms with E-state index in [1.807, 2.05) is 38.1 Å². The van der Waals surface area contributed by atoms with Gasteiger partial charge in [0.1, 0.15) is 5.75 Å². The Morgan fingerprint density at radius 1 is 1.11 bits per heavy atom. The number of hydrogen-bond acceptors (Lipinski definition) is 4. The molecular formula is C18H19Br2N3O3S. The van der Waals surface area contributed by atoms with Gasteiger partial charge in [-0.3, -0.25) is 20.4 Å². The number of amides is 2. The van der Waals surface area contributed by atoms with Gasteiger partial charge in [0.25, 0.3) is 5.91 Å². The van der Waals surface area contributed by atoms with Crippen LogP contribution in [0.3, 0.4) is 0 Å². The molecular weight excluding hydrogens is 498 g/mol. The van der Waals surface area contributed by atoms with E-state index in [4.69, 9.17) is 17.0 Å². The van der Waals surface area contributed by atoms with Gasteiger partial charge in [-0.05, 0) is 63.0 Å². The van der Waals surface area contributed by atoms with Crippen LogP contribution in [0.2, 0.25) is 0 Å². The van der Waals surface area contributed by atoms with E-state index in [0.717, 1.165) is 19.7 Å². The molecule has 0 aromatic heterocycles. The fraction of sp³-hybridized carbons (Fsp3) is 0.278. The van der Waals surface area contributed by atoms with Crippen LogP contribution in [0.1, 0.15) is 20.3 Å². The van der Waals surface area contributed by atoms with Gasteiger partial charge in [0.05, 0.1) is 4.47 Å². The number of carbonyl (C=O) groups excluding carboxylic acids is 2. The molecule has 0 heterocycles. The quantitative estimate of drug-likeness (QED) is 0.416. The second-order valence-corrected chi connectivity index (χ2v) is 8.30. The summed E-state index contributed by atoms with van der Waals surface area (Å²) in [4.78, 5) is 23.5. The van der Waals surface area contributed by atoms with Gasteiger partial charge in [0, 0.05) is 10.9 Å². The maximum Gasteiger partial charge on any atom is 0.276 e. The lowest BCUT2D eigenvalue weighted by Crippen LogP contribution is -2.49. The van der Waals surface area contributed by atoms with Gasteiger partial charge in [-0.1, -0.05) is 41.9 Å². The molecule has 6 nitrogen and oxygen atoms in total. The van der Waals surface area contributed by atoms with Crippen molar-refractivity contribution in [3.63, 3.8) is 0 Å². The Bertz CT molecular complexity index is 874. The summed E-state index contributed by atoms with van der Waals surface area (Å²) in [5, 5.41) is 4.54. The molecule has 0 aliphatic carbocycles. The van der Waals surface area contributed by atoms with Crippen molar-refractivity contribution >= 4 is 71.8 Å². The van der Waals surface area contributed by atoms with E-state index in [2.05, 4.69) is 48.0 Å². The van der Waals surface area contributed by atoms with Crippen molar-refractivity contribution in [1.82, 2.24) is 16.2 Å². The second kappa shape index (κ2) is 10.0. The zero-order chi connectivity index (χ0) is 20.0. The molecule has 0 saturated carbocycles. The molecule has 0 fully saturated rings. The first-order valence-corrected chi connectivity index (χ1v) is 10.1. The molecule has 0 saturated heterocycles. The molecule has 3 N–H and O–H groups in total. The Hall–Kier alpha value is -1.71. The normalized spacial score (nSPS) is 10.6. The lowest BCUT2D eigenvalue weighted by molar-refractivity contribution is -0.124. The summed E-state index contributed by atoms with van der Waals surface area (Å²) in [7, 11) is 0. The van der Waals surface area contributed by atoms with Crippen LogP contribution in [0.25, 0.3) is 10.8 Å². The van der Waals surface area contributed by atoms with Crippen molar-refractivity contribution in [1.29, 1.82) is 0 Å². The average Bonchev–Trinajstić information content (AvgIpc) is 2.58. The molecule has 2 aromatic carbocycles. The summed E-state index contributed by atoms with van der Waals surface area (Å²) in [6.45, 7) is 3.65. The van der Waals surface area contributed by atoms with Crippen LogP contribution in [0.4, 0.5) is 0 Å². The highest BCUT2D eigenvalue weighted by atomic mass is 79.9. The summed E-state index contributed by atoms with van der Waals surface area (Å²) in [5.41, 5.74) is 4.86. The first-order chi connectivity index (χ1) is 12.8. The SMILES string of the molecule is CC(C)CC(=O)NC(=S)NNC(=O)COc1ccc2cc(Br)ccc2c1Br. The lowest BCUT2D eigenvalue weighted by Gasteiger charge is -2.13. The van der Waals surface area contributed by atoms with Gasteiger partial charge in [0.2, 0.25) is 5.91 Å². The highest BCUT2D eigenvalue weighted by Gasteiger charge is 2.10. The third kappa shape index (κ3) is 6.75. The van der Waals surface area contributed by atoms with Crippen LogP contribution in [0.15, 0.2) is 39.3 Å². The Balaban J connectivity index is 1.84. The minimum Gasteiger partial charge on any atom is -0.483 e. The molecule has 2 rings (SSSR count). The van der Waals surface area contributed by atoms with E-state index >= 15 is 0 Å². The van der Waals surface area contributed by atoms with Crippen LogP contribution in [-0.4, -0.2) is 23.5 Å². The Morgan fingerprint density at radius 3 is 2.56 bits per heavy atom. The summed E-state index contributed by atoms with van der Waals surface area (Å²) in [6, 6.07) is 9.58. The average molecular weight is 517 g/mol. The van der Waals surface area contributed by atoms with Gasteiger partial charge in [-0.2, -0.15) is 0 Å². The number of nitrogens with one attached hydrogen (secondary N) is 3. The third-order valence-corrected chi connectivity index (χ3v) is 4.92. The summed E-state index contributed by atoms with van der Waals surface area (Å²) in [5.74, 6) is 0.128. The van der Waals surface area contributed by atoms with E-state index in [1.165, 1.54) is 0 Å². The van der Waals surface area contributed by atoms with Gasteiger partial charge >= 0.3 is 0 Å². The van der Waals surface area contributed by atoms with Crippen molar-refractivity contribution in [2.24, 2.45) is 5.92 Å². The second-order valence-electron chi connectivity index (χ2n) is 6.18. The minimum absolute atomic E-state index is 0.0338. The maximum absolute atomic E-state index is 11.9. The number of hydrogen-bond donors (Lipinski definition) is 3. The zero-order valence-electron chi connectivity index (χ0n) is 14.8. The number of rotatable bonds is 5. The molecule has 9 heteroatoms. The zero-order valence-corrected chi connectivity index (χ0v) is 18.8. The van der Waals surface area contributed by atoms with Crippen molar-refractivity contribution in [2.45, 2.75) is 20.3 Å². The topological polar surface area (TPSA) is 79.5 Å². The lowest BCUT2D eigenvalue weighted by atomic mass is 10.1. The fourth-order valence-electron chi connectivity index (χ4n) is 2.24. The molecule has 0 aliphatic rings. The number of fused-ring (bicyclic) bond motifs is 1. The van der Waals surface area contributed by atoms with Crippen LogP contribution in [0, 0.1) is 5.92 Å². The number of halogens is 2. The van der Waals surface area contributed by atoms with Gasteiger partial charge < -0.3 is 10.1 Å². The Labute approximate surface area is 179 Å². The van der Waals surface area contributed by atoms with Crippen LogP contribution in [-0.2, 0) is 9.59 Å². The molecule has 0 atom stereocenters. The van der Waals surface area contributed by atoms with E-state index < -0.39 is 5.91 Å². The van der Waals surface area contributed by atoms with E-state index in [9.17, 15) is 9.59 Å². The maximum atomic E-state index is 11.9. The Kier molecular flexibility index (Phi) is 8.00. The van der Waals surface area contributed by atoms with E-state index in [-0.39, 0.29) is 23.5 Å². The van der Waals surface area contributed by atoms with Gasteiger partial charge in [-0.15, -0.1) is 0 Å². The number of thiocarbonyl (C=S) groups is 1. The summed E-state index contributed by atoms with van der Waals surface area (Å²) < 4.78 is 7.31. The minimum atomic E-state index is -0.432. The standard InChI is InChI=1S/C18H19Br2N3O3S/c1-10(2)7-15(24)21-18(27)23-22-16(25)9-26-14-6-3-11-8-12(19)4-5-13(11)17(14)20/h3-6,8,10H,7,9H2,1-2H3,(H,22,25)(H2,21,23,24,27). The molecule has 0 unspecified atom stereocenters. The molecule has 0 radical (unpaired) electrons. The van der Waals surface area contributed by atoms with Crippen LogP contribution < -0.4 is 20.9 Å². The first-order valence-electron chi connectivity index (χ1n) is 8.15. The van der Waals surface area contributed by atoms with Gasteiger partial charge in [0.15, 0.2) is 11.7 Å². The number of carbonyl (C=O) groups is 2. The van der Waals surface area contributed by atoms with Crippen LogP contribution in [0.5, 0.6) is 5.75 Å². The smallest absolute Gasteiger partial charge is 0.276 e. The number of ether oxygens (including phenoxy) is 1. The molecule has 2 amide bonds. The highest BCUT2D eigenvalue weighted by Crippen LogP contribution is 2.34. The van der Waals surface area contributed by atoms with Crippen molar-refractivity contribution in [3.05, 3.63) is 39.3 Å². The van der Waals surface area contributed by atoms with Crippen molar-refractivity contribution < 1.29 is 14.3 Å². The predicted molar refractivity (Wildman–Crippen MR) is 116 cm³/mol. The molecule has 0 bridgehead atoms. The van der Waals surface area contributed by atoms with Crippen molar-refractivity contribution in [3.8, 4) is 5.75 Å². The highest BCUT2D eigenvalue weighted by molar-refractivity contribution is 9.11. The summed E-state index contributed by atoms with van der Waals surface area (Å²) >= 11 is 11.9. The van der Waals surface area contributed by atoms with Crippen molar-refractivity contribution in [2.75, 3.05) is 6.61 Å². The first kappa shape index (κ1) is 21.6. The number of hydrazine groups is 1. The summed E-state index contributed by atoms with van der Waals surface area (Å²) in [6.07, 6.45) is 0.353. The number of benzene rings is 2. The molecule has 2 aromatic rings.